The molecule has 1 aliphatic carbocycles. The van der Waals surface area contributed by atoms with E-state index in [4.69, 9.17) is 0 Å². The maximum absolute atomic E-state index is 11.8. The van der Waals surface area contributed by atoms with Crippen LogP contribution in [0.2, 0.25) is 0 Å². The maximum Gasteiger partial charge on any atom is 0.225 e. The number of carbonyl (C=O) groups is 1. The molecule has 0 atom stereocenters. The first-order valence-electron chi connectivity index (χ1n) is 5.66. The zero-order valence-corrected chi connectivity index (χ0v) is 9.82. The van der Waals surface area contributed by atoms with Gasteiger partial charge in [-0.3, -0.25) is 4.79 Å². The average molecular weight is 238 g/mol. The van der Waals surface area contributed by atoms with Gasteiger partial charge in [0.15, 0.2) is 5.82 Å². The summed E-state index contributed by atoms with van der Waals surface area (Å²) in [6.45, 7) is 3.41. The molecule has 6 heteroatoms. The van der Waals surface area contributed by atoms with Gasteiger partial charge >= 0.3 is 0 Å². The van der Waals surface area contributed by atoms with Crippen LogP contribution in [0.5, 0.6) is 0 Å². The fourth-order valence-corrected chi connectivity index (χ4v) is 2.48. The molecule has 1 saturated carbocycles. The van der Waals surface area contributed by atoms with Gasteiger partial charge in [-0.2, -0.15) is 8.75 Å². The summed E-state index contributed by atoms with van der Waals surface area (Å²) >= 11 is 1.23. The molecule has 1 amide bonds. The molecule has 1 aromatic rings. The van der Waals surface area contributed by atoms with Crippen molar-refractivity contribution >= 4 is 23.5 Å². The molecule has 0 N–H and O–H groups in total. The van der Waals surface area contributed by atoms with Crippen LogP contribution >= 0.6 is 11.7 Å². The highest BCUT2D eigenvalue weighted by molar-refractivity contribution is 6.99. The van der Waals surface area contributed by atoms with Crippen LogP contribution in [0.4, 0.5) is 5.82 Å². The van der Waals surface area contributed by atoms with Gasteiger partial charge in [-0.25, -0.2) is 0 Å². The molecule has 0 radical (unpaired) electrons. The summed E-state index contributed by atoms with van der Waals surface area (Å²) in [7, 11) is 0. The van der Waals surface area contributed by atoms with Crippen LogP contribution in [-0.2, 0) is 4.79 Å². The van der Waals surface area contributed by atoms with Crippen molar-refractivity contribution in [3.8, 4) is 0 Å². The lowest BCUT2D eigenvalue weighted by Crippen LogP contribution is -2.49. The van der Waals surface area contributed by atoms with E-state index in [-0.39, 0.29) is 0 Å². The third-order valence-corrected chi connectivity index (χ3v) is 3.66. The standard InChI is InChI=1S/C10H14N4OS/c15-10(8-1-2-8)14-5-3-13(4-6-14)9-7-11-16-12-9/h7-8H,1-6H2. The minimum Gasteiger partial charge on any atom is -0.351 e. The molecule has 2 heterocycles. The SMILES string of the molecule is O=C(C1CC1)N1CCN(c2cnsn2)CC1. The average Bonchev–Trinajstić information content (AvgIpc) is 3.04. The zero-order valence-electron chi connectivity index (χ0n) is 9.00. The molecule has 0 aromatic carbocycles. The summed E-state index contributed by atoms with van der Waals surface area (Å²) in [5.41, 5.74) is 0. The molecule has 0 spiro atoms. The molecule has 1 aromatic heterocycles. The van der Waals surface area contributed by atoms with E-state index >= 15 is 0 Å². The smallest absolute Gasteiger partial charge is 0.225 e. The summed E-state index contributed by atoms with van der Waals surface area (Å²) in [5, 5.41) is 0. The van der Waals surface area contributed by atoms with Crippen LogP contribution in [0.1, 0.15) is 12.8 Å². The summed E-state index contributed by atoms with van der Waals surface area (Å²) in [5.74, 6) is 1.65. The lowest BCUT2D eigenvalue weighted by atomic mass is 10.2. The van der Waals surface area contributed by atoms with Crippen molar-refractivity contribution in [2.75, 3.05) is 31.1 Å². The number of hydrogen-bond donors (Lipinski definition) is 0. The van der Waals surface area contributed by atoms with E-state index in [1.165, 1.54) is 11.7 Å². The monoisotopic (exact) mass is 238 g/mol. The van der Waals surface area contributed by atoms with Gasteiger partial charge in [-0.05, 0) is 12.8 Å². The Morgan fingerprint density at radius 2 is 2.06 bits per heavy atom. The van der Waals surface area contributed by atoms with Crippen LogP contribution < -0.4 is 4.90 Å². The van der Waals surface area contributed by atoms with Gasteiger partial charge in [0, 0.05) is 32.1 Å². The van der Waals surface area contributed by atoms with Gasteiger partial charge in [0.2, 0.25) is 5.91 Å². The van der Waals surface area contributed by atoms with Crippen molar-refractivity contribution in [2.24, 2.45) is 5.92 Å². The van der Waals surface area contributed by atoms with Gasteiger partial charge in [0.1, 0.15) is 0 Å². The Bertz CT molecular complexity index is 368. The highest BCUT2D eigenvalue weighted by Gasteiger charge is 2.34. The molecule has 86 valence electrons. The van der Waals surface area contributed by atoms with Gasteiger partial charge < -0.3 is 9.80 Å². The molecular weight excluding hydrogens is 224 g/mol. The number of amides is 1. The Labute approximate surface area is 98.4 Å². The second-order valence-corrected chi connectivity index (χ2v) is 4.91. The Morgan fingerprint density at radius 3 is 2.62 bits per heavy atom. The summed E-state index contributed by atoms with van der Waals surface area (Å²) in [4.78, 5) is 16.0. The molecule has 0 unspecified atom stereocenters. The second kappa shape index (κ2) is 4.01. The van der Waals surface area contributed by atoms with Gasteiger partial charge in [-0.1, -0.05) is 0 Å². The number of hydrogen-bond acceptors (Lipinski definition) is 5. The second-order valence-electron chi connectivity index (χ2n) is 4.35. The lowest BCUT2D eigenvalue weighted by molar-refractivity contribution is -0.132. The Kier molecular flexibility index (Phi) is 2.51. The van der Waals surface area contributed by atoms with Gasteiger partial charge in [-0.15, -0.1) is 0 Å². The van der Waals surface area contributed by atoms with Crippen molar-refractivity contribution < 1.29 is 4.79 Å². The quantitative estimate of drug-likeness (QED) is 0.757. The van der Waals surface area contributed by atoms with Gasteiger partial charge in [0.25, 0.3) is 0 Å². The van der Waals surface area contributed by atoms with Crippen molar-refractivity contribution in [1.29, 1.82) is 0 Å². The minimum absolute atomic E-state index is 0.340. The molecule has 1 aliphatic heterocycles. The number of anilines is 1. The third kappa shape index (κ3) is 1.89. The van der Waals surface area contributed by atoms with E-state index < -0.39 is 0 Å². The fourth-order valence-electron chi connectivity index (χ4n) is 2.04. The van der Waals surface area contributed by atoms with E-state index in [1.807, 2.05) is 4.90 Å². The summed E-state index contributed by atoms with van der Waals surface area (Å²) in [6.07, 6.45) is 3.98. The number of piperazine rings is 1. The number of rotatable bonds is 2. The summed E-state index contributed by atoms with van der Waals surface area (Å²) < 4.78 is 8.21. The largest absolute Gasteiger partial charge is 0.351 e. The number of nitrogens with zero attached hydrogens (tertiary/aromatic N) is 4. The molecular formula is C10H14N4OS. The van der Waals surface area contributed by atoms with Crippen molar-refractivity contribution in [2.45, 2.75) is 12.8 Å². The van der Waals surface area contributed by atoms with Crippen molar-refractivity contribution in [1.82, 2.24) is 13.6 Å². The highest BCUT2D eigenvalue weighted by atomic mass is 32.1. The topological polar surface area (TPSA) is 49.3 Å². The molecule has 0 bridgehead atoms. The minimum atomic E-state index is 0.340. The molecule has 2 aliphatic rings. The number of carbonyl (C=O) groups excluding carboxylic acids is 1. The Balaban J connectivity index is 1.57. The van der Waals surface area contributed by atoms with Crippen LogP contribution in [0.3, 0.4) is 0 Å². The lowest BCUT2D eigenvalue weighted by Gasteiger charge is -2.34. The van der Waals surface area contributed by atoms with Crippen molar-refractivity contribution in [3.05, 3.63) is 6.20 Å². The van der Waals surface area contributed by atoms with Crippen LogP contribution in [0, 0.1) is 5.92 Å². The first-order chi connectivity index (χ1) is 7.84. The van der Waals surface area contributed by atoms with E-state index in [1.54, 1.807) is 6.20 Å². The van der Waals surface area contributed by atoms with Crippen molar-refractivity contribution in [3.63, 3.8) is 0 Å². The summed E-state index contributed by atoms with van der Waals surface area (Å²) in [6, 6.07) is 0. The highest BCUT2D eigenvalue weighted by Crippen LogP contribution is 2.31. The molecule has 16 heavy (non-hydrogen) atoms. The van der Waals surface area contributed by atoms with Crippen LogP contribution in [0.25, 0.3) is 0 Å². The third-order valence-electron chi connectivity index (χ3n) is 3.19. The van der Waals surface area contributed by atoms with Crippen LogP contribution in [0.15, 0.2) is 6.20 Å². The van der Waals surface area contributed by atoms with Gasteiger partial charge in [0.05, 0.1) is 17.9 Å². The van der Waals surface area contributed by atoms with E-state index in [9.17, 15) is 4.79 Å². The molecule has 5 nitrogen and oxygen atoms in total. The molecule has 3 rings (SSSR count). The fraction of sp³-hybridized carbons (Fsp3) is 0.700. The normalized spacial score (nSPS) is 21.2. The predicted molar refractivity (Wildman–Crippen MR) is 61.4 cm³/mol. The zero-order chi connectivity index (χ0) is 11.0. The maximum atomic E-state index is 11.8. The molecule has 2 fully saturated rings. The van der Waals surface area contributed by atoms with E-state index in [0.717, 1.165) is 44.8 Å². The Morgan fingerprint density at radius 1 is 1.31 bits per heavy atom. The first kappa shape index (κ1) is 10.0. The van der Waals surface area contributed by atoms with E-state index in [2.05, 4.69) is 13.6 Å². The number of aromatic nitrogens is 2. The van der Waals surface area contributed by atoms with Crippen LogP contribution in [-0.4, -0.2) is 45.7 Å². The Hall–Kier alpha value is -1.17. The molecule has 1 saturated heterocycles. The van der Waals surface area contributed by atoms with E-state index in [0.29, 0.717) is 11.8 Å². The predicted octanol–water partition coefficient (Wildman–Crippen LogP) is 0.597. The first-order valence-corrected chi connectivity index (χ1v) is 6.39.